The normalized spacial score (nSPS) is 28.4. The van der Waals surface area contributed by atoms with Crippen LogP contribution in [0.15, 0.2) is 0 Å². The lowest BCUT2D eigenvalue weighted by atomic mass is 10.1. The molecule has 0 saturated carbocycles. The second-order valence-electron chi connectivity index (χ2n) is 5.23. The predicted molar refractivity (Wildman–Crippen MR) is 71.0 cm³/mol. The zero-order valence-corrected chi connectivity index (χ0v) is 11.9. The first kappa shape index (κ1) is 14.2. The molecule has 0 radical (unpaired) electrons. The highest BCUT2D eigenvalue weighted by molar-refractivity contribution is 7.89. The third-order valence-corrected chi connectivity index (χ3v) is 5.87. The van der Waals surface area contributed by atoms with Crippen molar-refractivity contribution in [1.82, 2.24) is 9.62 Å². The van der Waals surface area contributed by atoms with E-state index in [2.05, 4.69) is 5.32 Å². The molecule has 0 aromatic rings. The van der Waals surface area contributed by atoms with Crippen molar-refractivity contribution in [1.29, 1.82) is 0 Å². The van der Waals surface area contributed by atoms with Crippen molar-refractivity contribution < 1.29 is 13.2 Å². The largest absolute Gasteiger partial charge is 0.377 e. The SMILES string of the molecule is CNC1CCN(S(=O)(=O)C[C@H]2CCCCO2)CC1. The second kappa shape index (κ2) is 6.32. The molecule has 0 aliphatic carbocycles. The van der Waals surface area contributed by atoms with Crippen LogP contribution >= 0.6 is 0 Å². The third kappa shape index (κ3) is 3.66. The van der Waals surface area contributed by atoms with Crippen molar-refractivity contribution in [2.24, 2.45) is 0 Å². The molecule has 18 heavy (non-hydrogen) atoms. The molecule has 2 aliphatic rings. The maximum Gasteiger partial charge on any atom is 0.216 e. The maximum atomic E-state index is 12.3. The molecule has 106 valence electrons. The standard InChI is InChI=1S/C12H24N2O3S/c1-13-11-5-7-14(8-6-11)18(15,16)10-12-4-2-3-9-17-12/h11-13H,2-10H2,1H3/t12-/m1/s1. The van der Waals surface area contributed by atoms with Crippen LogP contribution in [0, 0.1) is 0 Å². The van der Waals surface area contributed by atoms with Gasteiger partial charge in [0, 0.05) is 25.7 Å². The Kier molecular flexibility index (Phi) is 5.00. The first-order valence-corrected chi connectivity index (χ1v) is 8.49. The topological polar surface area (TPSA) is 58.6 Å². The summed E-state index contributed by atoms with van der Waals surface area (Å²) >= 11 is 0. The van der Waals surface area contributed by atoms with Gasteiger partial charge in [-0.3, -0.25) is 0 Å². The molecule has 0 amide bonds. The number of rotatable bonds is 4. The summed E-state index contributed by atoms with van der Waals surface area (Å²) in [5.74, 6) is 0.164. The minimum Gasteiger partial charge on any atom is -0.377 e. The lowest BCUT2D eigenvalue weighted by molar-refractivity contribution is 0.0298. The van der Waals surface area contributed by atoms with Crippen molar-refractivity contribution in [3.8, 4) is 0 Å². The molecule has 0 spiro atoms. The first-order chi connectivity index (χ1) is 8.62. The Bertz CT molecular complexity index is 344. The Hall–Kier alpha value is -0.170. The van der Waals surface area contributed by atoms with Crippen LogP contribution in [0.3, 0.4) is 0 Å². The molecular formula is C12H24N2O3S. The number of hydrogen-bond acceptors (Lipinski definition) is 4. The first-order valence-electron chi connectivity index (χ1n) is 6.88. The molecule has 1 atom stereocenters. The van der Waals surface area contributed by atoms with Crippen LogP contribution < -0.4 is 5.32 Å². The summed E-state index contributed by atoms with van der Waals surface area (Å²) in [6.07, 6.45) is 4.74. The average molecular weight is 276 g/mol. The summed E-state index contributed by atoms with van der Waals surface area (Å²) in [5.41, 5.74) is 0. The van der Waals surface area contributed by atoms with E-state index in [1.54, 1.807) is 4.31 Å². The van der Waals surface area contributed by atoms with Gasteiger partial charge < -0.3 is 10.1 Å². The van der Waals surface area contributed by atoms with Crippen LogP contribution in [0.1, 0.15) is 32.1 Å². The molecule has 2 saturated heterocycles. The Morgan fingerprint density at radius 3 is 2.50 bits per heavy atom. The highest BCUT2D eigenvalue weighted by atomic mass is 32.2. The zero-order chi connectivity index (χ0) is 13.0. The van der Waals surface area contributed by atoms with Gasteiger partial charge in [0.2, 0.25) is 10.0 Å². The number of nitrogens with one attached hydrogen (secondary N) is 1. The summed E-state index contributed by atoms with van der Waals surface area (Å²) in [4.78, 5) is 0. The quantitative estimate of drug-likeness (QED) is 0.815. The fraction of sp³-hybridized carbons (Fsp3) is 1.00. The summed E-state index contributed by atoms with van der Waals surface area (Å²) in [6, 6.07) is 0.461. The van der Waals surface area contributed by atoms with Crippen LogP contribution in [0.4, 0.5) is 0 Å². The summed E-state index contributed by atoms with van der Waals surface area (Å²) < 4.78 is 31.7. The van der Waals surface area contributed by atoms with Gasteiger partial charge in [-0.15, -0.1) is 0 Å². The van der Waals surface area contributed by atoms with Gasteiger partial charge in [-0.25, -0.2) is 12.7 Å². The lowest BCUT2D eigenvalue weighted by Crippen LogP contribution is -2.46. The second-order valence-corrected chi connectivity index (χ2v) is 7.24. The minimum absolute atomic E-state index is 0.0919. The molecule has 2 fully saturated rings. The van der Waals surface area contributed by atoms with E-state index in [0.717, 1.165) is 32.1 Å². The van der Waals surface area contributed by atoms with E-state index in [-0.39, 0.29) is 11.9 Å². The van der Waals surface area contributed by atoms with Crippen LogP contribution in [-0.4, -0.2) is 57.4 Å². The van der Waals surface area contributed by atoms with Crippen molar-refractivity contribution in [3.05, 3.63) is 0 Å². The predicted octanol–water partition coefficient (Wildman–Crippen LogP) is 0.569. The van der Waals surface area contributed by atoms with E-state index < -0.39 is 10.0 Å². The van der Waals surface area contributed by atoms with Crippen molar-refractivity contribution in [3.63, 3.8) is 0 Å². The molecule has 0 unspecified atom stereocenters. The number of sulfonamides is 1. The molecule has 2 heterocycles. The van der Waals surface area contributed by atoms with Crippen molar-refractivity contribution >= 4 is 10.0 Å². The lowest BCUT2D eigenvalue weighted by Gasteiger charge is -2.32. The monoisotopic (exact) mass is 276 g/mol. The number of piperidine rings is 1. The van der Waals surface area contributed by atoms with E-state index in [0.29, 0.717) is 25.7 Å². The van der Waals surface area contributed by atoms with Crippen molar-refractivity contribution in [2.45, 2.75) is 44.2 Å². The summed E-state index contributed by atoms with van der Waals surface area (Å²) in [7, 11) is -1.20. The van der Waals surface area contributed by atoms with Crippen LogP contribution in [0.25, 0.3) is 0 Å². The van der Waals surface area contributed by atoms with Gasteiger partial charge in [0.05, 0.1) is 11.9 Å². The molecule has 0 bridgehead atoms. The Morgan fingerprint density at radius 1 is 1.22 bits per heavy atom. The van der Waals surface area contributed by atoms with Gasteiger partial charge in [-0.1, -0.05) is 0 Å². The van der Waals surface area contributed by atoms with Crippen LogP contribution in [-0.2, 0) is 14.8 Å². The smallest absolute Gasteiger partial charge is 0.216 e. The van der Waals surface area contributed by atoms with Crippen molar-refractivity contribution in [2.75, 3.05) is 32.5 Å². The summed E-state index contributed by atoms with van der Waals surface area (Å²) in [5, 5.41) is 3.21. The highest BCUT2D eigenvalue weighted by Gasteiger charge is 2.30. The van der Waals surface area contributed by atoms with Crippen LogP contribution in [0.2, 0.25) is 0 Å². The van der Waals surface area contributed by atoms with Gasteiger partial charge in [-0.05, 0) is 39.2 Å². The third-order valence-electron chi connectivity index (χ3n) is 3.93. The van der Waals surface area contributed by atoms with E-state index in [4.69, 9.17) is 4.74 Å². The molecule has 2 rings (SSSR count). The average Bonchev–Trinajstić information content (AvgIpc) is 2.39. The van der Waals surface area contributed by atoms with E-state index in [1.165, 1.54) is 0 Å². The van der Waals surface area contributed by atoms with E-state index in [1.807, 2.05) is 7.05 Å². The van der Waals surface area contributed by atoms with Gasteiger partial charge in [-0.2, -0.15) is 0 Å². The Labute approximate surface area is 110 Å². The van der Waals surface area contributed by atoms with Gasteiger partial charge in [0.1, 0.15) is 0 Å². The molecule has 0 aromatic carbocycles. The molecule has 6 heteroatoms. The molecule has 1 N–H and O–H groups in total. The number of hydrogen-bond donors (Lipinski definition) is 1. The Morgan fingerprint density at radius 2 is 1.94 bits per heavy atom. The van der Waals surface area contributed by atoms with E-state index in [9.17, 15) is 8.42 Å². The van der Waals surface area contributed by atoms with Gasteiger partial charge in [0.15, 0.2) is 0 Å². The Balaban J connectivity index is 1.86. The van der Waals surface area contributed by atoms with Crippen LogP contribution in [0.5, 0.6) is 0 Å². The molecule has 0 aromatic heterocycles. The fourth-order valence-electron chi connectivity index (χ4n) is 2.70. The molecule has 2 aliphatic heterocycles. The van der Waals surface area contributed by atoms with E-state index >= 15 is 0 Å². The fourth-order valence-corrected chi connectivity index (χ4v) is 4.41. The minimum atomic E-state index is -3.13. The number of nitrogens with zero attached hydrogens (tertiary/aromatic N) is 1. The number of ether oxygens (including phenoxy) is 1. The van der Waals surface area contributed by atoms with Gasteiger partial charge >= 0.3 is 0 Å². The molecule has 5 nitrogen and oxygen atoms in total. The summed E-state index contributed by atoms with van der Waals surface area (Å²) in [6.45, 7) is 1.99. The van der Waals surface area contributed by atoms with Gasteiger partial charge in [0.25, 0.3) is 0 Å². The maximum absolute atomic E-state index is 12.3. The molecular weight excluding hydrogens is 252 g/mol. The zero-order valence-electron chi connectivity index (χ0n) is 11.1. The highest BCUT2D eigenvalue weighted by Crippen LogP contribution is 2.19.